The second-order valence-electron chi connectivity index (χ2n) is 4.12. The SMILES string of the molecule is Cc1ccc(SCCC(=O)NOCC(N)=O)cc1C. The molecule has 0 bridgehead atoms. The van der Waals surface area contributed by atoms with Crippen LogP contribution in [0, 0.1) is 13.8 Å². The van der Waals surface area contributed by atoms with Crippen molar-refractivity contribution in [3.05, 3.63) is 29.3 Å². The summed E-state index contributed by atoms with van der Waals surface area (Å²) in [6.07, 6.45) is 0.316. The smallest absolute Gasteiger partial charge is 0.246 e. The number of nitrogens with one attached hydrogen (secondary N) is 1. The molecule has 0 heterocycles. The zero-order valence-electron chi connectivity index (χ0n) is 11.1. The van der Waals surface area contributed by atoms with E-state index >= 15 is 0 Å². The van der Waals surface area contributed by atoms with Crippen molar-refractivity contribution < 1.29 is 14.4 Å². The number of carbonyl (C=O) groups excluding carboxylic acids is 2. The highest BCUT2D eigenvalue weighted by molar-refractivity contribution is 7.99. The Labute approximate surface area is 116 Å². The van der Waals surface area contributed by atoms with Crippen molar-refractivity contribution in [2.45, 2.75) is 25.2 Å². The molecule has 19 heavy (non-hydrogen) atoms. The number of primary amides is 1. The molecule has 0 saturated carbocycles. The van der Waals surface area contributed by atoms with Crippen molar-refractivity contribution in [2.24, 2.45) is 5.73 Å². The summed E-state index contributed by atoms with van der Waals surface area (Å²) >= 11 is 1.60. The number of thioether (sulfide) groups is 1. The van der Waals surface area contributed by atoms with Crippen molar-refractivity contribution >= 4 is 23.6 Å². The van der Waals surface area contributed by atoms with Gasteiger partial charge in [-0.3, -0.25) is 14.4 Å². The Kier molecular flexibility index (Phi) is 6.38. The monoisotopic (exact) mass is 282 g/mol. The van der Waals surface area contributed by atoms with Gasteiger partial charge in [-0.25, -0.2) is 5.48 Å². The Morgan fingerprint density at radius 1 is 1.32 bits per heavy atom. The van der Waals surface area contributed by atoms with E-state index in [1.165, 1.54) is 11.1 Å². The molecular weight excluding hydrogens is 264 g/mol. The predicted octanol–water partition coefficient (Wildman–Crippen LogP) is 1.32. The largest absolute Gasteiger partial charge is 0.368 e. The van der Waals surface area contributed by atoms with Crippen LogP contribution in [0.15, 0.2) is 23.1 Å². The molecule has 0 unspecified atom stereocenters. The van der Waals surface area contributed by atoms with Gasteiger partial charge in [-0.2, -0.15) is 0 Å². The number of carbonyl (C=O) groups is 2. The second-order valence-corrected chi connectivity index (χ2v) is 5.29. The third-order valence-electron chi connectivity index (χ3n) is 2.48. The second kappa shape index (κ2) is 7.81. The van der Waals surface area contributed by atoms with Crippen LogP contribution in [0.2, 0.25) is 0 Å². The molecule has 0 radical (unpaired) electrons. The number of nitrogens with two attached hydrogens (primary N) is 1. The molecule has 1 rings (SSSR count). The molecule has 0 atom stereocenters. The molecule has 0 aliphatic carbocycles. The molecule has 104 valence electrons. The first-order chi connectivity index (χ1) is 8.99. The van der Waals surface area contributed by atoms with E-state index in [9.17, 15) is 9.59 Å². The molecule has 1 aromatic carbocycles. The van der Waals surface area contributed by atoms with Crippen molar-refractivity contribution in [3.8, 4) is 0 Å². The summed E-state index contributed by atoms with van der Waals surface area (Å²) in [5.41, 5.74) is 9.52. The summed E-state index contributed by atoms with van der Waals surface area (Å²) in [5.74, 6) is -0.240. The molecule has 0 saturated heterocycles. The molecule has 2 amide bonds. The van der Waals surface area contributed by atoms with Crippen LogP contribution in [0.1, 0.15) is 17.5 Å². The van der Waals surface area contributed by atoms with E-state index in [4.69, 9.17) is 5.73 Å². The first kappa shape index (κ1) is 15.5. The highest BCUT2D eigenvalue weighted by Crippen LogP contribution is 2.21. The molecule has 0 aliphatic rings. The normalized spacial score (nSPS) is 10.2. The first-order valence-corrected chi connectivity index (χ1v) is 6.86. The van der Waals surface area contributed by atoms with Crippen molar-refractivity contribution in [2.75, 3.05) is 12.4 Å². The van der Waals surface area contributed by atoms with Gasteiger partial charge in [0.05, 0.1) is 0 Å². The van der Waals surface area contributed by atoms with E-state index in [1.54, 1.807) is 11.8 Å². The molecule has 6 heteroatoms. The van der Waals surface area contributed by atoms with E-state index in [0.29, 0.717) is 12.2 Å². The maximum absolute atomic E-state index is 11.3. The van der Waals surface area contributed by atoms with Gasteiger partial charge in [0.1, 0.15) is 0 Å². The number of aryl methyl sites for hydroxylation is 2. The number of amides is 2. The van der Waals surface area contributed by atoms with Gasteiger partial charge in [0.2, 0.25) is 11.8 Å². The van der Waals surface area contributed by atoms with Crippen LogP contribution in [-0.4, -0.2) is 24.2 Å². The molecule has 0 fully saturated rings. The fraction of sp³-hybridized carbons (Fsp3) is 0.385. The highest BCUT2D eigenvalue weighted by atomic mass is 32.2. The average Bonchev–Trinajstić information content (AvgIpc) is 2.33. The summed E-state index contributed by atoms with van der Waals surface area (Å²) in [5, 5.41) is 0. The van der Waals surface area contributed by atoms with Crippen LogP contribution in [0.25, 0.3) is 0 Å². The number of rotatable bonds is 7. The molecule has 0 aliphatic heterocycles. The Morgan fingerprint density at radius 3 is 2.68 bits per heavy atom. The minimum Gasteiger partial charge on any atom is -0.368 e. The highest BCUT2D eigenvalue weighted by Gasteiger charge is 2.03. The zero-order chi connectivity index (χ0) is 14.3. The molecule has 0 aromatic heterocycles. The molecule has 0 spiro atoms. The zero-order valence-corrected chi connectivity index (χ0v) is 11.9. The summed E-state index contributed by atoms with van der Waals surface area (Å²) in [7, 11) is 0. The van der Waals surface area contributed by atoms with Crippen molar-refractivity contribution in [1.82, 2.24) is 5.48 Å². The minimum absolute atomic E-state index is 0.266. The number of benzene rings is 1. The Balaban J connectivity index is 2.24. The van der Waals surface area contributed by atoms with Crippen LogP contribution < -0.4 is 11.2 Å². The number of hydroxylamine groups is 1. The maximum Gasteiger partial charge on any atom is 0.246 e. The van der Waals surface area contributed by atoms with Gasteiger partial charge >= 0.3 is 0 Å². The Bertz CT molecular complexity index is 463. The van der Waals surface area contributed by atoms with Crippen LogP contribution >= 0.6 is 11.8 Å². The van der Waals surface area contributed by atoms with Gasteiger partial charge in [0.25, 0.3) is 0 Å². The van der Waals surface area contributed by atoms with Gasteiger partial charge in [-0.15, -0.1) is 11.8 Å². The number of hydrogen-bond acceptors (Lipinski definition) is 4. The fourth-order valence-corrected chi connectivity index (χ4v) is 2.25. The van der Waals surface area contributed by atoms with Crippen LogP contribution in [0.4, 0.5) is 0 Å². The Hall–Kier alpha value is -1.53. The van der Waals surface area contributed by atoms with Gasteiger partial charge in [-0.05, 0) is 37.1 Å². The molecule has 1 aromatic rings. The lowest BCUT2D eigenvalue weighted by Gasteiger charge is -2.06. The van der Waals surface area contributed by atoms with Gasteiger partial charge in [0, 0.05) is 17.1 Å². The standard InChI is InChI=1S/C13H18N2O3S/c1-9-3-4-11(7-10(9)2)19-6-5-13(17)15-18-8-12(14)16/h3-4,7H,5-6,8H2,1-2H3,(H2,14,16)(H,15,17). The lowest BCUT2D eigenvalue weighted by Crippen LogP contribution is -2.29. The van der Waals surface area contributed by atoms with Crippen LogP contribution in [-0.2, 0) is 14.4 Å². The summed E-state index contributed by atoms with van der Waals surface area (Å²) in [6, 6.07) is 6.20. The summed E-state index contributed by atoms with van der Waals surface area (Å²) in [4.78, 5) is 27.5. The summed E-state index contributed by atoms with van der Waals surface area (Å²) in [6.45, 7) is 3.81. The van der Waals surface area contributed by atoms with Crippen molar-refractivity contribution in [3.63, 3.8) is 0 Å². The quantitative estimate of drug-likeness (QED) is 0.584. The topological polar surface area (TPSA) is 81.4 Å². The molecular formula is C13H18N2O3S. The van der Waals surface area contributed by atoms with E-state index in [1.807, 2.05) is 6.07 Å². The van der Waals surface area contributed by atoms with Crippen molar-refractivity contribution in [1.29, 1.82) is 0 Å². The average molecular weight is 282 g/mol. The predicted molar refractivity (Wildman–Crippen MR) is 74.5 cm³/mol. The third-order valence-corrected chi connectivity index (χ3v) is 3.47. The fourth-order valence-electron chi connectivity index (χ4n) is 1.30. The van der Waals surface area contributed by atoms with E-state index in [-0.39, 0.29) is 12.5 Å². The van der Waals surface area contributed by atoms with Gasteiger partial charge < -0.3 is 5.73 Å². The van der Waals surface area contributed by atoms with Gasteiger partial charge in [-0.1, -0.05) is 6.07 Å². The lowest BCUT2D eigenvalue weighted by molar-refractivity contribution is -0.137. The van der Waals surface area contributed by atoms with E-state index in [0.717, 1.165) is 4.90 Å². The number of hydrogen-bond donors (Lipinski definition) is 2. The minimum atomic E-state index is -0.621. The summed E-state index contributed by atoms with van der Waals surface area (Å²) < 4.78 is 0. The lowest BCUT2D eigenvalue weighted by atomic mass is 10.1. The van der Waals surface area contributed by atoms with Crippen LogP contribution in [0.3, 0.4) is 0 Å². The van der Waals surface area contributed by atoms with E-state index in [2.05, 4.69) is 36.3 Å². The molecule has 5 nitrogen and oxygen atoms in total. The first-order valence-electron chi connectivity index (χ1n) is 5.88. The van der Waals surface area contributed by atoms with Crippen LogP contribution in [0.5, 0.6) is 0 Å². The molecule has 3 N–H and O–H groups in total. The van der Waals surface area contributed by atoms with E-state index < -0.39 is 5.91 Å². The maximum atomic E-state index is 11.3. The van der Waals surface area contributed by atoms with Gasteiger partial charge in [0.15, 0.2) is 6.61 Å². The third kappa shape index (κ3) is 6.26. The Morgan fingerprint density at radius 2 is 2.05 bits per heavy atom.